The Morgan fingerprint density at radius 3 is 2.10 bits per heavy atom. The minimum atomic E-state index is -0.452. The molecule has 0 saturated carbocycles. The molecule has 0 aliphatic heterocycles. The number of benzene rings is 2. The van der Waals surface area contributed by atoms with E-state index in [-0.39, 0.29) is 0 Å². The summed E-state index contributed by atoms with van der Waals surface area (Å²) in [5.41, 5.74) is 2.32. The molecule has 0 aliphatic rings. The van der Waals surface area contributed by atoms with Crippen LogP contribution in [0.1, 0.15) is 18.1 Å². The van der Waals surface area contributed by atoms with E-state index in [4.69, 9.17) is 9.57 Å². The van der Waals surface area contributed by atoms with Crippen LogP contribution >= 0.6 is 0 Å². The molecule has 0 atom stereocenters. The summed E-state index contributed by atoms with van der Waals surface area (Å²) in [6.07, 6.45) is 0. The fraction of sp³-hybridized carbons (Fsp3) is 0.125. The van der Waals surface area contributed by atoms with Crippen molar-refractivity contribution in [3.05, 3.63) is 65.7 Å². The van der Waals surface area contributed by atoms with Crippen LogP contribution in [0.15, 0.2) is 59.8 Å². The molecule has 2 rings (SSSR count). The highest BCUT2D eigenvalue weighted by Crippen LogP contribution is 2.16. The Morgan fingerprint density at radius 1 is 0.950 bits per heavy atom. The molecule has 4 nitrogen and oxygen atoms in total. The minimum Gasteiger partial charge on any atom is -0.497 e. The monoisotopic (exact) mass is 269 g/mol. The fourth-order valence-corrected chi connectivity index (χ4v) is 1.73. The summed E-state index contributed by atoms with van der Waals surface area (Å²) in [5.74, 6) is 0.306. The number of carbonyl (C=O) groups excluding carboxylic acids is 1. The highest BCUT2D eigenvalue weighted by molar-refractivity contribution is 6.12. The molecule has 0 heterocycles. The van der Waals surface area contributed by atoms with Gasteiger partial charge in [-0.15, -0.1) is 0 Å². The van der Waals surface area contributed by atoms with Crippen molar-refractivity contribution in [2.75, 3.05) is 7.11 Å². The average molecular weight is 269 g/mol. The lowest BCUT2D eigenvalue weighted by Crippen LogP contribution is -2.06. The topological polar surface area (TPSA) is 47.9 Å². The number of ether oxygens (including phenoxy) is 1. The number of nitrogens with zero attached hydrogens (tertiary/aromatic N) is 1. The van der Waals surface area contributed by atoms with E-state index in [0.29, 0.717) is 5.71 Å². The summed E-state index contributed by atoms with van der Waals surface area (Å²) in [4.78, 5) is 15.7. The molecule has 0 aromatic heterocycles. The SMILES string of the molecule is COc1ccc(/C(=N/OC(C)=O)c2ccccc2)cc1. The van der Waals surface area contributed by atoms with Crippen LogP contribution in [-0.4, -0.2) is 18.8 Å². The van der Waals surface area contributed by atoms with E-state index < -0.39 is 5.97 Å². The van der Waals surface area contributed by atoms with Crippen LogP contribution in [0.25, 0.3) is 0 Å². The van der Waals surface area contributed by atoms with Gasteiger partial charge in [0.05, 0.1) is 7.11 Å². The highest BCUT2D eigenvalue weighted by Gasteiger charge is 2.08. The predicted molar refractivity (Wildman–Crippen MR) is 76.8 cm³/mol. The Labute approximate surface area is 117 Å². The largest absolute Gasteiger partial charge is 0.497 e. The maximum atomic E-state index is 11.0. The molecule has 102 valence electrons. The fourth-order valence-electron chi connectivity index (χ4n) is 1.73. The molecule has 4 heteroatoms. The third-order valence-electron chi connectivity index (χ3n) is 2.68. The maximum Gasteiger partial charge on any atom is 0.332 e. The normalized spacial score (nSPS) is 11.0. The van der Waals surface area contributed by atoms with Gasteiger partial charge in [0.25, 0.3) is 0 Å². The third-order valence-corrected chi connectivity index (χ3v) is 2.68. The van der Waals surface area contributed by atoms with Gasteiger partial charge in [-0.1, -0.05) is 35.5 Å². The Kier molecular flexibility index (Phi) is 4.50. The van der Waals surface area contributed by atoms with Gasteiger partial charge in [0.2, 0.25) is 0 Å². The first-order valence-corrected chi connectivity index (χ1v) is 6.16. The number of oxime groups is 1. The summed E-state index contributed by atoms with van der Waals surface area (Å²) in [7, 11) is 1.61. The summed E-state index contributed by atoms with van der Waals surface area (Å²) in [5, 5.41) is 3.95. The van der Waals surface area contributed by atoms with E-state index in [9.17, 15) is 4.79 Å². The first-order valence-electron chi connectivity index (χ1n) is 6.16. The van der Waals surface area contributed by atoms with E-state index in [2.05, 4.69) is 5.16 Å². The lowest BCUT2D eigenvalue weighted by molar-refractivity contribution is -0.140. The lowest BCUT2D eigenvalue weighted by Gasteiger charge is -2.07. The number of hydrogen-bond acceptors (Lipinski definition) is 4. The minimum absolute atomic E-state index is 0.452. The van der Waals surface area contributed by atoms with Crippen molar-refractivity contribution in [2.45, 2.75) is 6.92 Å². The Hall–Kier alpha value is -2.62. The molecular weight excluding hydrogens is 254 g/mol. The van der Waals surface area contributed by atoms with Crippen molar-refractivity contribution in [2.24, 2.45) is 5.16 Å². The number of hydrogen-bond donors (Lipinski definition) is 0. The number of carbonyl (C=O) groups is 1. The summed E-state index contributed by atoms with van der Waals surface area (Å²) >= 11 is 0. The Balaban J connectivity index is 2.40. The first kappa shape index (κ1) is 13.8. The molecule has 0 N–H and O–H groups in total. The van der Waals surface area contributed by atoms with Crippen LogP contribution in [0.3, 0.4) is 0 Å². The zero-order chi connectivity index (χ0) is 14.4. The lowest BCUT2D eigenvalue weighted by atomic mass is 10.0. The van der Waals surface area contributed by atoms with Gasteiger partial charge < -0.3 is 9.57 Å². The standard InChI is InChI=1S/C16H15NO3/c1-12(18)20-17-16(13-6-4-3-5-7-13)14-8-10-15(19-2)11-9-14/h3-11H,1-2H3/b17-16+. The predicted octanol–water partition coefficient (Wildman–Crippen LogP) is 3.01. The molecule has 0 unspecified atom stereocenters. The molecule has 2 aromatic carbocycles. The van der Waals surface area contributed by atoms with Crippen LogP contribution in [0.4, 0.5) is 0 Å². The van der Waals surface area contributed by atoms with Crippen molar-refractivity contribution in [3.8, 4) is 5.75 Å². The zero-order valence-corrected chi connectivity index (χ0v) is 11.4. The van der Waals surface area contributed by atoms with Gasteiger partial charge in [0.1, 0.15) is 11.5 Å². The van der Waals surface area contributed by atoms with Crippen molar-refractivity contribution in [1.82, 2.24) is 0 Å². The van der Waals surface area contributed by atoms with Crippen molar-refractivity contribution in [1.29, 1.82) is 0 Å². The molecule has 0 aliphatic carbocycles. The first-order chi connectivity index (χ1) is 9.70. The number of rotatable bonds is 4. The van der Waals surface area contributed by atoms with Crippen LogP contribution in [0.2, 0.25) is 0 Å². The second-order valence-electron chi connectivity index (χ2n) is 4.12. The molecule has 0 bridgehead atoms. The van der Waals surface area contributed by atoms with Gasteiger partial charge in [0.15, 0.2) is 0 Å². The molecule has 0 fully saturated rings. The van der Waals surface area contributed by atoms with Crippen LogP contribution < -0.4 is 4.74 Å². The van der Waals surface area contributed by atoms with E-state index >= 15 is 0 Å². The van der Waals surface area contributed by atoms with Gasteiger partial charge in [-0.05, 0) is 24.3 Å². The highest BCUT2D eigenvalue weighted by atomic mass is 16.7. The Bertz CT molecular complexity index is 603. The molecule has 20 heavy (non-hydrogen) atoms. The van der Waals surface area contributed by atoms with Crippen molar-refractivity contribution >= 4 is 11.7 Å². The smallest absolute Gasteiger partial charge is 0.332 e. The van der Waals surface area contributed by atoms with Crippen LogP contribution in [-0.2, 0) is 9.63 Å². The third kappa shape index (κ3) is 3.45. The molecule has 0 amide bonds. The molecule has 0 saturated heterocycles. The molecular formula is C16H15NO3. The van der Waals surface area contributed by atoms with Gasteiger partial charge in [-0.2, -0.15) is 0 Å². The van der Waals surface area contributed by atoms with E-state index in [1.165, 1.54) is 6.92 Å². The molecule has 0 radical (unpaired) electrons. The quantitative estimate of drug-likeness (QED) is 0.487. The summed E-state index contributed by atoms with van der Waals surface area (Å²) in [6.45, 7) is 1.32. The summed E-state index contributed by atoms with van der Waals surface area (Å²) < 4.78 is 5.13. The zero-order valence-electron chi connectivity index (χ0n) is 11.4. The van der Waals surface area contributed by atoms with E-state index in [1.807, 2.05) is 54.6 Å². The van der Waals surface area contributed by atoms with Crippen LogP contribution in [0.5, 0.6) is 5.75 Å². The van der Waals surface area contributed by atoms with Gasteiger partial charge in [-0.25, -0.2) is 4.79 Å². The second-order valence-corrected chi connectivity index (χ2v) is 4.12. The van der Waals surface area contributed by atoms with E-state index in [1.54, 1.807) is 7.11 Å². The number of methoxy groups -OCH3 is 1. The Morgan fingerprint density at radius 2 is 1.55 bits per heavy atom. The van der Waals surface area contributed by atoms with Gasteiger partial charge >= 0.3 is 5.97 Å². The molecule has 0 spiro atoms. The van der Waals surface area contributed by atoms with Gasteiger partial charge in [-0.3, -0.25) is 0 Å². The summed E-state index contributed by atoms with van der Waals surface area (Å²) in [6, 6.07) is 17.0. The van der Waals surface area contributed by atoms with E-state index in [0.717, 1.165) is 16.9 Å². The average Bonchev–Trinajstić information content (AvgIpc) is 2.49. The van der Waals surface area contributed by atoms with Gasteiger partial charge in [0, 0.05) is 18.1 Å². The van der Waals surface area contributed by atoms with Crippen molar-refractivity contribution < 1.29 is 14.4 Å². The second kappa shape index (κ2) is 6.52. The van der Waals surface area contributed by atoms with Crippen molar-refractivity contribution in [3.63, 3.8) is 0 Å². The molecule has 2 aromatic rings. The van der Waals surface area contributed by atoms with Crippen LogP contribution in [0, 0.1) is 0 Å². The maximum absolute atomic E-state index is 11.0.